The fraction of sp³-hybridized carbons (Fsp3) is 0. The molecule has 5 nitrogen and oxygen atoms in total. The van der Waals surface area contributed by atoms with Crippen molar-refractivity contribution in [1.82, 2.24) is 4.98 Å². The monoisotopic (exact) mass is 297 g/mol. The number of fused-ring (bicyclic) bond motifs is 1. The zero-order chi connectivity index (χ0) is 11.9. The number of rotatable bonds is 1. The van der Waals surface area contributed by atoms with Crippen molar-refractivity contribution >= 4 is 32.6 Å². The summed E-state index contributed by atoms with van der Waals surface area (Å²) in [6.45, 7) is 0. The smallest absolute Gasteiger partial charge is 0.744 e. The molecule has 1 aromatic heterocycles. The molecule has 0 aliphatic rings. The number of pyridine rings is 1. The summed E-state index contributed by atoms with van der Waals surface area (Å²) in [5.74, 6) is -0.671. The minimum absolute atomic E-state index is 0. The molecule has 0 atom stereocenters. The molecule has 8 heteroatoms. The normalized spacial score (nSPS) is 11.2. The molecule has 2 rings (SSSR count). The molecule has 0 aliphatic carbocycles. The first kappa shape index (κ1) is 15.3. The molecule has 1 aromatic carbocycles. The summed E-state index contributed by atoms with van der Waals surface area (Å²) in [5, 5.41) is 10.3. The van der Waals surface area contributed by atoms with Crippen LogP contribution in [0, 0.1) is 0 Å². The van der Waals surface area contributed by atoms with Crippen molar-refractivity contribution in [1.29, 1.82) is 0 Å². The van der Waals surface area contributed by atoms with Gasteiger partial charge in [-0.05, 0) is 18.2 Å². The molecule has 0 spiro atoms. The maximum Gasteiger partial charge on any atom is 1.00 e. The van der Waals surface area contributed by atoms with Gasteiger partial charge in [-0.1, -0.05) is 11.6 Å². The van der Waals surface area contributed by atoms with Crippen molar-refractivity contribution in [3.63, 3.8) is 0 Å². The Balaban J connectivity index is 0.00000144. The molecule has 84 valence electrons. The molecule has 0 radical (unpaired) electrons. The van der Waals surface area contributed by atoms with Crippen LogP contribution in [0.5, 0.6) is 5.75 Å². The van der Waals surface area contributed by atoms with E-state index < -0.39 is 20.8 Å². The van der Waals surface area contributed by atoms with E-state index in [1.807, 2.05) is 0 Å². The second-order valence-electron chi connectivity index (χ2n) is 3.06. The molecule has 0 saturated carbocycles. The third kappa shape index (κ3) is 2.99. The van der Waals surface area contributed by atoms with Crippen molar-refractivity contribution in [2.75, 3.05) is 0 Å². The molecule has 0 amide bonds. The van der Waals surface area contributed by atoms with Gasteiger partial charge in [-0.2, -0.15) is 0 Å². The third-order valence-corrected chi connectivity index (χ3v) is 3.26. The van der Waals surface area contributed by atoms with Crippen molar-refractivity contribution in [2.24, 2.45) is 0 Å². The summed E-state index contributed by atoms with van der Waals surface area (Å²) in [5.41, 5.74) is -0.00979. The summed E-state index contributed by atoms with van der Waals surface area (Å²) < 4.78 is 32.4. The number of hydrogen-bond donors (Lipinski definition) is 1. The van der Waals surface area contributed by atoms with Gasteiger partial charge in [0.25, 0.3) is 0 Å². The van der Waals surface area contributed by atoms with E-state index in [-0.39, 0.29) is 56.9 Å². The Labute approximate surface area is 145 Å². The van der Waals surface area contributed by atoms with Crippen LogP contribution in [0.15, 0.2) is 29.3 Å². The quantitative estimate of drug-likeness (QED) is 0.511. The number of halogens is 1. The Hall–Kier alpha value is 0.266. The van der Waals surface area contributed by atoms with Crippen LogP contribution in [0.3, 0.4) is 0 Å². The van der Waals surface area contributed by atoms with Crippen molar-refractivity contribution < 1.29 is 69.5 Å². The van der Waals surface area contributed by atoms with Crippen LogP contribution in [0.2, 0.25) is 5.02 Å². The van der Waals surface area contributed by atoms with Crippen LogP contribution in [0.1, 0.15) is 0 Å². The predicted molar refractivity (Wildman–Crippen MR) is 56.4 cm³/mol. The van der Waals surface area contributed by atoms with Gasteiger partial charge in [-0.25, -0.2) is 8.42 Å². The largest absolute Gasteiger partial charge is 1.00 e. The molecule has 0 bridgehead atoms. The van der Waals surface area contributed by atoms with Gasteiger partial charge >= 0.3 is 51.4 Å². The second-order valence-corrected chi connectivity index (χ2v) is 4.81. The van der Waals surface area contributed by atoms with E-state index >= 15 is 0 Å². The Morgan fingerprint density at radius 1 is 1.29 bits per heavy atom. The first-order valence-corrected chi connectivity index (χ1v) is 5.92. The van der Waals surface area contributed by atoms with E-state index in [9.17, 15) is 18.1 Å². The average Bonchev–Trinajstić information content (AvgIpc) is 2.18. The van der Waals surface area contributed by atoms with Gasteiger partial charge < -0.3 is 9.66 Å². The minimum atomic E-state index is -4.72. The van der Waals surface area contributed by atoms with Gasteiger partial charge in [-0.15, -0.1) is 0 Å². The van der Waals surface area contributed by atoms with Gasteiger partial charge in [0.15, 0.2) is 5.75 Å². The van der Waals surface area contributed by atoms with Crippen molar-refractivity contribution in [2.45, 2.75) is 4.90 Å². The number of phenolic OH excluding ortho intramolecular Hbond substituents is 1. The maximum atomic E-state index is 10.8. The number of aromatic hydroxyl groups is 1. The number of hydrogen-bond acceptors (Lipinski definition) is 5. The number of phenols is 1. The third-order valence-electron chi connectivity index (χ3n) is 2.07. The predicted octanol–water partition coefficient (Wildman–Crippen LogP) is -1.50. The number of nitrogens with zero attached hydrogens (tertiary/aromatic N) is 1. The zero-order valence-corrected chi connectivity index (χ0v) is 13.4. The van der Waals surface area contributed by atoms with Crippen LogP contribution < -0.4 is 51.4 Å². The summed E-state index contributed by atoms with van der Waals surface area (Å²) in [6.07, 6.45) is 1.31. The molecule has 0 aliphatic heterocycles. The van der Waals surface area contributed by atoms with Gasteiger partial charge in [-0.3, -0.25) is 4.98 Å². The summed E-state index contributed by atoms with van der Waals surface area (Å²) in [4.78, 5) is 3.08. The van der Waals surface area contributed by atoms with Crippen LogP contribution in [-0.2, 0) is 10.1 Å². The van der Waals surface area contributed by atoms with Crippen LogP contribution in [-0.4, -0.2) is 23.1 Å². The molecule has 0 unspecified atom stereocenters. The zero-order valence-electron chi connectivity index (χ0n) is 8.71. The fourth-order valence-corrected chi connectivity index (χ4v) is 2.13. The SMILES string of the molecule is O=S(=O)([O-])c1ccc2c(Cl)ccnc2c1O.[K+]. The molecule has 17 heavy (non-hydrogen) atoms. The van der Waals surface area contributed by atoms with Crippen molar-refractivity contribution in [3.05, 3.63) is 29.4 Å². The van der Waals surface area contributed by atoms with E-state index in [4.69, 9.17) is 11.6 Å². The van der Waals surface area contributed by atoms with E-state index in [1.165, 1.54) is 18.3 Å². The molecule has 0 saturated heterocycles. The first-order chi connectivity index (χ1) is 7.41. The molecule has 2 aromatic rings. The van der Waals surface area contributed by atoms with Gasteiger partial charge in [0.1, 0.15) is 15.6 Å². The van der Waals surface area contributed by atoms with Gasteiger partial charge in [0.05, 0.1) is 9.92 Å². The standard InChI is InChI=1S/C9H6ClNO4S.K/c10-6-3-4-11-8-5(6)1-2-7(9(8)12)16(13,14)15;/h1-4,12H,(H,13,14,15);/q;+1/p-1. The molecule has 0 fully saturated rings. The van der Waals surface area contributed by atoms with Crippen LogP contribution in [0.4, 0.5) is 0 Å². The molecule has 1 N–H and O–H groups in total. The fourth-order valence-electron chi connectivity index (χ4n) is 1.35. The van der Waals surface area contributed by atoms with Crippen molar-refractivity contribution in [3.8, 4) is 5.75 Å². The Bertz CT molecular complexity index is 674. The summed E-state index contributed by atoms with van der Waals surface area (Å²) >= 11 is 5.82. The van der Waals surface area contributed by atoms with E-state index in [2.05, 4.69) is 4.98 Å². The second kappa shape index (κ2) is 5.49. The van der Waals surface area contributed by atoms with E-state index in [1.54, 1.807) is 0 Å². The van der Waals surface area contributed by atoms with E-state index in [0.29, 0.717) is 10.4 Å². The van der Waals surface area contributed by atoms with Gasteiger partial charge in [0, 0.05) is 11.6 Å². The van der Waals surface area contributed by atoms with Crippen LogP contribution >= 0.6 is 11.6 Å². The number of aromatic nitrogens is 1. The van der Waals surface area contributed by atoms with Crippen LogP contribution in [0.25, 0.3) is 10.9 Å². The minimum Gasteiger partial charge on any atom is -0.744 e. The molecular weight excluding hydrogens is 293 g/mol. The molecular formula is C9H5ClKNO4S. The Morgan fingerprint density at radius 2 is 1.94 bits per heavy atom. The topological polar surface area (TPSA) is 90.3 Å². The summed E-state index contributed by atoms with van der Waals surface area (Å²) in [6, 6.07) is 3.83. The average molecular weight is 298 g/mol. The maximum absolute atomic E-state index is 10.8. The van der Waals surface area contributed by atoms with E-state index in [0.717, 1.165) is 6.07 Å². The first-order valence-electron chi connectivity index (χ1n) is 4.13. The van der Waals surface area contributed by atoms with Gasteiger partial charge in [0.2, 0.25) is 0 Å². The molecule has 1 heterocycles. The summed E-state index contributed by atoms with van der Waals surface area (Å²) in [7, 11) is -4.72. The Kier molecular flexibility index (Phi) is 4.95. The Morgan fingerprint density at radius 3 is 2.53 bits per heavy atom. The number of benzene rings is 1.